The molecule has 0 unspecified atom stereocenters. The van der Waals surface area contributed by atoms with Gasteiger partial charge in [0.15, 0.2) is 11.5 Å². The van der Waals surface area contributed by atoms with Crippen molar-refractivity contribution in [1.29, 1.82) is 0 Å². The van der Waals surface area contributed by atoms with Crippen molar-refractivity contribution in [3.8, 4) is 0 Å². The number of aryl methyl sites for hydroxylation is 1. The maximum atomic E-state index is 14.1. The quantitative estimate of drug-likeness (QED) is 0.296. The third-order valence-corrected chi connectivity index (χ3v) is 8.42. The molecule has 0 N–H and O–H groups in total. The number of piperazine rings is 1. The lowest BCUT2D eigenvalue weighted by molar-refractivity contribution is 0.0610. The second kappa shape index (κ2) is 10.5. The second-order valence-corrected chi connectivity index (χ2v) is 11.0. The van der Waals surface area contributed by atoms with E-state index in [1.54, 1.807) is 11.9 Å². The van der Waals surface area contributed by atoms with Gasteiger partial charge in [-0.3, -0.25) is 19.4 Å². The summed E-state index contributed by atoms with van der Waals surface area (Å²) in [4.78, 5) is 38.6. The molecule has 0 radical (unpaired) electrons. The molecule has 0 aliphatic carbocycles. The van der Waals surface area contributed by atoms with Gasteiger partial charge < -0.3 is 13.9 Å². The van der Waals surface area contributed by atoms with Crippen LogP contribution in [0, 0.1) is 0 Å². The number of amides is 2. The Balaban J connectivity index is 1.12. The summed E-state index contributed by atoms with van der Waals surface area (Å²) in [6, 6.07) is 23.8. The van der Waals surface area contributed by atoms with Crippen LogP contribution in [0.4, 0.5) is 5.82 Å². The Morgan fingerprint density at radius 3 is 2.46 bits per heavy atom. The van der Waals surface area contributed by atoms with Gasteiger partial charge in [-0.15, -0.1) is 0 Å². The van der Waals surface area contributed by atoms with Gasteiger partial charge in [-0.05, 0) is 41.8 Å². The van der Waals surface area contributed by atoms with Crippen LogP contribution in [0.3, 0.4) is 0 Å². The Morgan fingerprint density at radius 1 is 0.878 bits per heavy atom. The normalized spacial score (nSPS) is 15.8. The van der Waals surface area contributed by atoms with E-state index < -0.39 is 0 Å². The molecule has 0 spiro atoms. The molecular weight excluding hydrogens is 514 g/mol. The highest BCUT2D eigenvalue weighted by atomic mass is 16.3. The average Bonchev–Trinajstić information content (AvgIpc) is 3.61. The Bertz CT molecular complexity index is 1720. The van der Waals surface area contributed by atoms with Crippen LogP contribution >= 0.6 is 0 Å². The Kier molecular flexibility index (Phi) is 6.55. The number of carbonyl (C=O) groups excluding carboxylic acids is 2. The minimum atomic E-state index is -0.165. The summed E-state index contributed by atoms with van der Waals surface area (Å²) in [5.74, 6) is 2.06. The Morgan fingerprint density at radius 2 is 1.63 bits per heavy atom. The molecule has 2 aliphatic heterocycles. The molecule has 7 rings (SSSR count). The Labute approximate surface area is 238 Å². The molecule has 0 bridgehead atoms. The first-order valence-electron chi connectivity index (χ1n) is 14.4. The molecule has 2 aliphatic rings. The highest BCUT2D eigenvalue weighted by Gasteiger charge is 2.33. The third-order valence-electron chi connectivity index (χ3n) is 8.42. The van der Waals surface area contributed by atoms with E-state index >= 15 is 0 Å². The average molecular weight is 548 g/mol. The molecule has 208 valence electrons. The minimum absolute atomic E-state index is 0.0541. The van der Waals surface area contributed by atoms with Gasteiger partial charge in [-0.25, -0.2) is 4.98 Å². The summed E-state index contributed by atoms with van der Waals surface area (Å²) in [5, 5.41) is 3.01. The van der Waals surface area contributed by atoms with Gasteiger partial charge in [0, 0.05) is 57.1 Å². The standard InChI is InChI=1S/C33H33N5O3/c1-35(32(39)27-13-8-11-23-9-2-4-12-26(23)27)31-30(38-16-7-6-15-29(38)34-31)33(40)37-19-17-36(18-20-37)22-25-21-24-10-3-5-14-28(24)41-25/h2-5,8-14,21H,6-7,15-20,22H2,1H3. The summed E-state index contributed by atoms with van der Waals surface area (Å²) in [5.41, 5.74) is 2.03. The van der Waals surface area contributed by atoms with E-state index in [1.807, 2.05) is 65.6 Å². The number of hydrogen-bond acceptors (Lipinski definition) is 5. The maximum Gasteiger partial charge on any atom is 0.274 e. The van der Waals surface area contributed by atoms with E-state index in [-0.39, 0.29) is 11.8 Å². The molecule has 1 saturated heterocycles. The zero-order valence-electron chi connectivity index (χ0n) is 23.3. The van der Waals surface area contributed by atoms with Crippen LogP contribution in [0.5, 0.6) is 0 Å². The van der Waals surface area contributed by atoms with E-state index in [9.17, 15) is 9.59 Å². The van der Waals surface area contributed by atoms with Gasteiger partial charge in [0.25, 0.3) is 11.8 Å². The molecule has 8 nitrogen and oxygen atoms in total. The lowest BCUT2D eigenvalue weighted by Gasteiger charge is -2.34. The molecule has 1 fully saturated rings. The van der Waals surface area contributed by atoms with Gasteiger partial charge >= 0.3 is 0 Å². The summed E-state index contributed by atoms with van der Waals surface area (Å²) >= 11 is 0. The number of furan rings is 1. The van der Waals surface area contributed by atoms with Crippen LogP contribution in [0.25, 0.3) is 21.7 Å². The van der Waals surface area contributed by atoms with Crippen LogP contribution in [0.2, 0.25) is 0 Å². The Hall–Kier alpha value is -4.43. The second-order valence-electron chi connectivity index (χ2n) is 11.0. The third kappa shape index (κ3) is 4.68. The zero-order chi connectivity index (χ0) is 27.9. The number of para-hydroxylation sites is 1. The van der Waals surface area contributed by atoms with Crippen LogP contribution in [-0.2, 0) is 19.5 Å². The molecule has 5 aromatic rings. The summed E-state index contributed by atoms with van der Waals surface area (Å²) in [7, 11) is 1.74. The summed E-state index contributed by atoms with van der Waals surface area (Å²) < 4.78 is 8.07. The van der Waals surface area contributed by atoms with Crippen molar-refractivity contribution in [1.82, 2.24) is 19.4 Å². The fourth-order valence-electron chi connectivity index (χ4n) is 6.20. The van der Waals surface area contributed by atoms with E-state index in [0.717, 1.165) is 72.2 Å². The number of anilines is 1. The maximum absolute atomic E-state index is 14.1. The van der Waals surface area contributed by atoms with Crippen LogP contribution in [0.1, 0.15) is 45.3 Å². The van der Waals surface area contributed by atoms with E-state index in [0.29, 0.717) is 36.7 Å². The topological polar surface area (TPSA) is 74.8 Å². The van der Waals surface area contributed by atoms with E-state index in [4.69, 9.17) is 9.40 Å². The number of imidazole rings is 1. The summed E-state index contributed by atoms with van der Waals surface area (Å²) in [6.07, 6.45) is 2.84. The molecule has 3 aromatic carbocycles. The zero-order valence-corrected chi connectivity index (χ0v) is 23.3. The molecule has 0 saturated carbocycles. The highest BCUT2D eigenvalue weighted by Crippen LogP contribution is 2.30. The number of fused-ring (bicyclic) bond motifs is 3. The van der Waals surface area contributed by atoms with Crippen LogP contribution in [-0.4, -0.2) is 64.4 Å². The highest BCUT2D eigenvalue weighted by molar-refractivity contribution is 6.15. The first-order valence-corrected chi connectivity index (χ1v) is 14.4. The van der Waals surface area contributed by atoms with Gasteiger partial charge in [0.1, 0.15) is 17.2 Å². The minimum Gasteiger partial charge on any atom is -0.460 e. The van der Waals surface area contributed by atoms with Crippen molar-refractivity contribution in [2.75, 3.05) is 38.1 Å². The predicted molar refractivity (Wildman–Crippen MR) is 159 cm³/mol. The first-order chi connectivity index (χ1) is 20.1. The number of carbonyl (C=O) groups is 2. The fraction of sp³-hybridized carbons (Fsp3) is 0.303. The van der Waals surface area contributed by atoms with Crippen LogP contribution < -0.4 is 4.90 Å². The van der Waals surface area contributed by atoms with Crippen molar-refractivity contribution in [2.24, 2.45) is 0 Å². The molecule has 2 aromatic heterocycles. The number of rotatable bonds is 5. The first kappa shape index (κ1) is 25.5. The van der Waals surface area contributed by atoms with Crippen molar-refractivity contribution in [2.45, 2.75) is 32.4 Å². The van der Waals surface area contributed by atoms with Gasteiger partial charge in [-0.1, -0.05) is 54.6 Å². The van der Waals surface area contributed by atoms with E-state index in [1.165, 1.54) is 0 Å². The molecule has 2 amide bonds. The lowest BCUT2D eigenvalue weighted by Crippen LogP contribution is -2.49. The van der Waals surface area contributed by atoms with Gasteiger partial charge in [0.2, 0.25) is 0 Å². The predicted octanol–water partition coefficient (Wildman–Crippen LogP) is 5.35. The van der Waals surface area contributed by atoms with Crippen molar-refractivity contribution >= 4 is 39.4 Å². The number of benzene rings is 3. The fourth-order valence-corrected chi connectivity index (χ4v) is 6.20. The van der Waals surface area contributed by atoms with Gasteiger partial charge in [-0.2, -0.15) is 0 Å². The number of nitrogens with zero attached hydrogens (tertiary/aromatic N) is 5. The number of hydrogen-bond donors (Lipinski definition) is 0. The molecule has 41 heavy (non-hydrogen) atoms. The smallest absolute Gasteiger partial charge is 0.274 e. The SMILES string of the molecule is CN(C(=O)c1cccc2ccccc12)c1nc2n(c1C(=O)N1CCN(Cc3cc4ccccc4o3)CC1)CCCC2. The largest absolute Gasteiger partial charge is 0.460 e. The molecule has 8 heteroatoms. The molecule has 4 heterocycles. The van der Waals surface area contributed by atoms with Crippen molar-refractivity contribution in [3.63, 3.8) is 0 Å². The lowest BCUT2D eigenvalue weighted by atomic mass is 10.0. The summed E-state index contributed by atoms with van der Waals surface area (Å²) in [6.45, 7) is 4.19. The molecular formula is C33H33N5O3. The van der Waals surface area contributed by atoms with Crippen molar-refractivity contribution in [3.05, 3.63) is 95.6 Å². The van der Waals surface area contributed by atoms with Gasteiger partial charge in [0.05, 0.1) is 6.54 Å². The molecule has 0 atom stereocenters. The van der Waals surface area contributed by atoms with E-state index in [2.05, 4.69) is 21.6 Å². The van der Waals surface area contributed by atoms with Crippen LogP contribution in [0.15, 0.2) is 77.2 Å². The van der Waals surface area contributed by atoms with Crippen molar-refractivity contribution < 1.29 is 14.0 Å². The number of aromatic nitrogens is 2. The monoisotopic (exact) mass is 547 g/mol.